The van der Waals surface area contributed by atoms with Gasteiger partial charge in [-0.15, -0.1) is 11.3 Å². The minimum Gasteiger partial charge on any atom is -0.496 e. The monoisotopic (exact) mass is 435 g/mol. The van der Waals surface area contributed by atoms with Crippen LogP contribution >= 0.6 is 11.3 Å². The number of para-hydroxylation sites is 1. The number of hydrogen-bond acceptors (Lipinski definition) is 5. The molecule has 160 valence electrons. The molecule has 1 atom stereocenters. The Hall–Kier alpha value is -3.19. The molecule has 0 aliphatic carbocycles. The first-order valence-electron chi connectivity index (χ1n) is 10.2. The second kappa shape index (κ2) is 9.75. The minimum atomic E-state index is -0.356. The molecule has 1 aromatic carbocycles. The zero-order valence-electron chi connectivity index (χ0n) is 17.4. The highest BCUT2D eigenvalue weighted by Gasteiger charge is 2.37. The highest BCUT2D eigenvalue weighted by atomic mass is 32.1. The van der Waals surface area contributed by atoms with E-state index in [-0.39, 0.29) is 24.2 Å². The third-order valence-electron chi connectivity index (χ3n) is 5.43. The van der Waals surface area contributed by atoms with Crippen molar-refractivity contribution in [3.05, 3.63) is 82.3 Å². The van der Waals surface area contributed by atoms with Crippen LogP contribution in [0.1, 0.15) is 22.6 Å². The van der Waals surface area contributed by atoms with Crippen LogP contribution in [0.3, 0.4) is 0 Å². The lowest BCUT2D eigenvalue weighted by molar-refractivity contribution is -0.137. The molecule has 4 rings (SSSR count). The van der Waals surface area contributed by atoms with Gasteiger partial charge in [-0.1, -0.05) is 30.3 Å². The number of pyridine rings is 1. The second-order valence-electron chi connectivity index (χ2n) is 7.58. The molecule has 1 unspecified atom stereocenters. The van der Waals surface area contributed by atoms with Gasteiger partial charge in [0, 0.05) is 36.1 Å². The average molecular weight is 436 g/mol. The van der Waals surface area contributed by atoms with Gasteiger partial charge in [-0.2, -0.15) is 0 Å². The molecule has 1 fully saturated rings. The van der Waals surface area contributed by atoms with Gasteiger partial charge in [-0.3, -0.25) is 14.6 Å². The molecular formula is C24H25N3O3S. The van der Waals surface area contributed by atoms with Crippen LogP contribution in [0.5, 0.6) is 5.75 Å². The van der Waals surface area contributed by atoms with Gasteiger partial charge < -0.3 is 14.5 Å². The SMILES string of the molecule is COc1ccccc1CN(Cc1cccs1)C(=O)C1CC(=O)N(Cc2ccccn2)C1. The second-order valence-corrected chi connectivity index (χ2v) is 8.61. The number of benzene rings is 1. The molecule has 0 bridgehead atoms. The van der Waals surface area contributed by atoms with Gasteiger partial charge >= 0.3 is 0 Å². The van der Waals surface area contributed by atoms with Crippen molar-refractivity contribution in [3.63, 3.8) is 0 Å². The molecule has 6 nitrogen and oxygen atoms in total. The Morgan fingerprint density at radius 2 is 2.00 bits per heavy atom. The van der Waals surface area contributed by atoms with E-state index in [0.717, 1.165) is 21.9 Å². The average Bonchev–Trinajstić information content (AvgIpc) is 3.44. The first-order valence-corrected chi connectivity index (χ1v) is 11.1. The Bertz CT molecular complexity index is 1020. The molecule has 1 aliphatic heterocycles. The third kappa shape index (κ3) is 5.11. The number of hydrogen-bond donors (Lipinski definition) is 0. The van der Waals surface area contributed by atoms with E-state index >= 15 is 0 Å². The Morgan fingerprint density at radius 3 is 2.74 bits per heavy atom. The Kier molecular flexibility index (Phi) is 6.62. The van der Waals surface area contributed by atoms with Gasteiger partial charge in [0.15, 0.2) is 0 Å². The Balaban J connectivity index is 1.50. The highest BCUT2D eigenvalue weighted by molar-refractivity contribution is 7.09. The van der Waals surface area contributed by atoms with Crippen LogP contribution in [0.25, 0.3) is 0 Å². The van der Waals surface area contributed by atoms with Crippen molar-refractivity contribution < 1.29 is 14.3 Å². The third-order valence-corrected chi connectivity index (χ3v) is 6.30. The van der Waals surface area contributed by atoms with Gasteiger partial charge in [-0.05, 0) is 29.6 Å². The van der Waals surface area contributed by atoms with Crippen LogP contribution in [0.15, 0.2) is 66.2 Å². The van der Waals surface area contributed by atoms with E-state index in [1.165, 1.54) is 0 Å². The summed E-state index contributed by atoms with van der Waals surface area (Å²) < 4.78 is 5.48. The number of carbonyl (C=O) groups excluding carboxylic acids is 2. The summed E-state index contributed by atoms with van der Waals surface area (Å²) in [6.07, 6.45) is 1.95. The van der Waals surface area contributed by atoms with Crippen LogP contribution in [0.4, 0.5) is 0 Å². The fraction of sp³-hybridized carbons (Fsp3) is 0.292. The number of rotatable bonds is 8. The lowest BCUT2D eigenvalue weighted by Crippen LogP contribution is -2.36. The van der Waals surface area contributed by atoms with Crippen molar-refractivity contribution in [1.82, 2.24) is 14.8 Å². The zero-order chi connectivity index (χ0) is 21.6. The predicted octanol–water partition coefficient (Wildman–Crippen LogP) is 3.73. The maximum Gasteiger partial charge on any atom is 0.228 e. The summed E-state index contributed by atoms with van der Waals surface area (Å²) in [7, 11) is 1.63. The quantitative estimate of drug-likeness (QED) is 0.541. The fourth-order valence-electron chi connectivity index (χ4n) is 3.88. The predicted molar refractivity (Wildman–Crippen MR) is 119 cm³/mol. The lowest BCUT2D eigenvalue weighted by atomic mass is 10.1. The minimum absolute atomic E-state index is 0.00244. The van der Waals surface area contributed by atoms with Crippen LogP contribution in [-0.2, 0) is 29.2 Å². The smallest absolute Gasteiger partial charge is 0.228 e. The summed E-state index contributed by atoms with van der Waals surface area (Å²) in [5.74, 6) is 0.394. The van der Waals surface area contributed by atoms with E-state index in [9.17, 15) is 9.59 Å². The fourth-order valence-corrected chi connectivity index (χ4v) is 4.60. The van der Waals surface area contributed by atoms with Gasteiger partial charge in [-0.25, -0.2) is 0 Å². The first kappa shape index (κ1) is 21.1. The molecule has 31 heavy (non-hydrogen) atoms. The number of aromatic nitrogens is 1. The van der Waals surface area contributed by atoms with Crippen molar-refractivity contribution in [2.45, 2.75) is 26.1 Å². The number of carbonyl (C=O) groups is 2. The topological polar surface area (TPSA) is 62.7 Å². The maximum atomic E-state index is 13.5. The molecule has 3 aromatic rings. The van der Waals surface area contributed by atoms with Crippen LogP contribution < -0.4 is 4.74 Å². The molecule has 7 heteroatoms. The Morgan fingerprint density at radius 1 is 1.16 bits per heavy atom. The molecule has 1 aliphatic rings. The number of likely N-dealkylation sites (tertiary alicyclic amines) is 1. The van der Waals surface area contributed by atoms with Crippen LogP contribution in [-0.4, -0.2) is 40.3 Å². The molecule has 1 saturated heterocycles. The summed E-state index contributed by atoms with van der Waals surface area (Å²) in [6, 6.07) is 17.4. The van der Waals surface area contributed by atoms with Gasteiger partial charge in [0.25, 0.3) is 0 Å². The van der Waals surface area contributed by atoms with Crippen molar-refractivity contribution in [1.29, 1.82) is 0 Å². The van der Waals surface area contributed by atoms with Crippen LogP contribution in [0.2, 0.25) is 0 Å². The molecule has 0 radical (unpaired) electrons. The lowest BCUT2D eigenvalue weighted by Gasteiger charge is -2.26. The molecular weight excluding hydrogens is 410 g/mol. The van der Waals surface area contributed by atoms with E-state index in [2.05, 4.69) is 4.98 Å². The van der Waals surface area contributed by atoms with E-state index in [1.54, 1.807) is 29.5 Å². The van der Waals surface area contributed by atoms with Gasteiger partial charge in [0.05, 0.1) is 31.8 Å². The summed E-state index contributed by atoms with van der Waals surface area (Å²) in [5, 5.41) is 2.01. The number of thiophene rings is 1. The molecule has 2 amide bonds. The standard InChI is InChI=1S/C24H25N3O3S/c1-30-22-10-3-2-7-18(22)14-27(17-21-9-6-12-31-21)24(29)19-13-23(28)26(15-19)16-20-8-4-5-11-25-20/h2-12,19H,13-17H2,1H3. The maximum absolute atomic E-state index is 13.5. The molecule has 2 aromatic heterocycles. The van der Waals surface area contributed by atoms with Gasteiger partial charge in [0.1, 0.15) is 5.75 Å². The number of methoxy groups -OCH3 is 1. The number of amides is 2. The Labute approximate surface area is 186 Å². The van der Waals surface area contributed by atoms with Crippen LogP contribution in [0, 0.1) is 5.92 Å². The molecule has 3 heterocycles. The van der Waals surface area contributed by atoms with E-state index in [1.807, 2.05) is 64.9 Å². The summed E-state index contributed by atoms with van der Waals surface area (Å²) in [4.78, 5) is 35.1. The summed E-state index contributed by atoms with van der Waals surface area (Å²) >= 11 is 1.62. The molecule has 0 N–H and O–H groups in total. The summed E-state index contributed by atoms with van der Waals surface area (Å²) in [5.41, 5.74) is 1.78. The van der Waals surface area contributed by atoms with Crippen molar-refractivity contribution in [2.75, 3.05) is 13.7 Å². The summed E-state index contributed by atoms with van der Waals surface area (Å²) in [6.45, 7) is 1.80. The molecule has 0 spiro atoms. The van der Waals surface area contributed by atoms with Gasteiger partial charge in [0.2, 0.25) is 11.8 Å². The van der Waals surface area contributed by atoms with E-state index in [0.29, 0.717) is 26.2 Å². The van der Waals surface area contributed by atoms with E-state index < -0.39 is 0 Å². The first-order chi connectivity index (χ1) is 15.1. The van der Waals surface area contributed by atoms with Crippen molar-refractivity contribution in [2.24, 2.45) is 5.92 Å². The largest absolute Gasteiger partial charge is 0.496 e. The molecule has 0 saturated carbocycles. The van der Waals surface area contributed by atoms with Crippen molar-refractivity contribution >= 4 is 23.2 Å². The van der Waals surface area contributed by atoms with Crippen molar-refractivity contribution in [3.8, 4) is 5.75 Å². The zero-order valence-corrected chi connectivity index (χ0v) is 18.3. The normalized spacial score (nSPS) is 15.8. The highest BCUT2D eigenvalue weighted by Crippen LogP contribution is 2.26. The number of ether oxygens (including phenoxy) is 1. The number of nitrogens with zero attached hydrogens (tertiary/aromatic N) is 3. The van der Waals surface area contributed by atoms with E-state index in [4.69, 9.17) is 4.74 Å².